The van der Waals surface area contributed by atoms with E-state index in [-0.39, 0.29) is 18.9 Å². The molecule has 2 N–H and O–H groups in total. The Labute approximate surface area is 139 Å². The monoisotopic (exact) mass is 395 g/mol. The first-order chi connectivity index (χ1) is 11.3. The first-order valence-corrected chi connectivity index (χ1v) is 8.48. The SMILES string of the molecule is CCOP(=O)(Nc1ccc(C(O)(C(F)(F)F)C(F)(F)F)cc1)OCC. The van der Waals surface area contributed by atoms with E-state index in [1.54, 1.807) is 0 Å². The topological polar surface area (TPSA) is 67.8 Å². The maximum absolute atomic E-state index is 12.8. The van der Waals surface area contributed by atoms with Crippen LogP contribution in [0.3, 0.4) is 0 Å². The summed E-state index contributed by atoms with van der Waals surface area (Å²) in [6.45, 7) is 3.01. The van der Waals surface area contributed by atoms with Gasteiger partial charge < -0.3 is 5.11 Å². The summed E-state index contributed by atoms with van der Waals surface area (Å²) in [5, 5.41) is 11.6. The van der Waals surface area contributed by atoms with Crippen molar-refractivity contribution < 1.29 is 45.1 Å². The summed E-state index contributed by atoms with van der Waals surface area (Å²) in [5.41, 5.74) is -6.57. The average Bonchev–Trinajstić information content (AvgIpc) is 2.45. The van der Waals surface area contributed by atoms with Crippen LogP contribution in [0.4, 0.5) is 32.0 Å². The molecule has 1 aromatic rings. The van der Waals surface area contributed by atoms with Gasteiger partial charge in [0.2, 0.25) is 0 Å². The zero-order chi connectivity index (χ0) is 19.5. The fourth-order valence-corrected chi connectivity index (χ4v) is 3.22. The molecule has 5 nitrogen and oxygen atoms in total. The smallest absolute Gasteiger partial charge is 0.369 e. The second-order valence-corrected chi connectivity index (χ2v) is 6.46. The van der Waals surface area contributed by atoms with Gasteiger partial charge in [0.15, 0.2) is 0 Å². The lowest BCUT2D eigenvalue weighted by molar-refractivity contribution is -0.376. The third kappa shape index (κ3) is 4.66. The lowest BCUT2D eigenvalue weighted by Crippen LogP contribution is -2.53. The number of aliphatic hydroxyl groups is 1. The number of hydrogen-bond donors (Lipinski definition) is 2. The van der Waals surface area contributed by atoms with Crippen molar-refractivity contribution in [2.45, 2.75) is 31.8 Å². The van der Waals surface area contributed by atoms with Gasteiger partial charge in [0.25, 0.3) is 5.60 Å². The first-order valence-electron chi connectivity index (χ1n) is 6.94. The molecule has 0 spiro atoms. The van der Waals surface area contributed by atoms with Gasteiger partial charge in [0, 0.05) is 11.3 Å². The Hall–Kier alpha value is -1.29. The molecule has 1 rings (SSSR count). The van der Waals surface area contributed by atoms with Crippen LogP contribution < -0.4 is 5.09 Å². The van der Waals surface area contributed by atoms with Gasteiger partial charge >= 0.3 is 20.1 Å². The second-order valence-electron chi connectivity index (χ2n) is 4.73. The molecule has 25 heavy (non-hydrogen) atoms. The Balaban J connectivity index is 3.19. The Morgan fingerprint density at radius 1 is 0.960 bits per heavy atom. The molecule has 0 atom stereocenters. The predicted molar refractivity (Wildman–Crippen MR) is 76.9 cm³/mol. The molecule has 0 heterocycles. The van der Waals surface area contributed by atoms with E-state index in [2.05, 4.69) is 5.09 Å². The Morgan fingerprint density at radius 3 is 1.68 bits per heavy atom. The molecule has 0 aliphatic carbocycles. The molecule has 0 unspecified atom stereocenters. The van der Waals surface area contributed by atoms with Crippen LogP contribution in [-0.2, 0) is 19.2 Å². The highest BCUT2D eigenvalue weighted by Gasteiger charge is 2.71. The molecule has 0 radical (unpaired) electrons. The van der Waals surface area contributed by atoms with Crippen molar-refractivity contribution in [1.29, 1.82) is 0 Å². The van der Waals surface area contributed by atoms with E-state index in [1.807, 2.05) is 0 Å². The molecule has 144 valence electrons. The van der Waals surface area contributed by atoms with Gasteiger partial charge in [-0.15, -0.1) is 0 Å². The van der Waals surface area contributed by atoms with Crippen LogP contribution in [0.15, 0.2) is 24.3 Å². The predicted octanol–water partition coefficient (Wildman–Crippen LogP) is 4.59. The van der Waals surface area contributed by atoms with Gasteiger partial charge in [-0.3, -0.25) is 14.1 Å². The zero-order valence-electron chi connectivity index (χ0n) is 13.1. The fourth-order valence-electron chi connectivity index (χ4n) is 1.87. The zero-order valence-corrected chi connectivity index (χ0v) is 14.0. The molecule has 12 heteroatoms. The average molecular weight is 395 g/mol. The Bertz CT molecular complexity index is 592. The van der Waals surface area contributed by atoms with Gasteiger partial charge in [-0.25, -0.2) is 4.57 Å². The summed E-state index contributed by atoms with van der Waals surface area (Å²) in [4.78, 5) is 0. The fraction of sp³-hybridized carbons (Fsp3) is 0.538. The number of halogens is 6. The third-order valence-electron chi connectivity index (χ3n) is 2.99. The summed E-state index contributed by atoms with van der Waals surface area (Å²) in [6, 6.07) is 2.43. The van der Waals surface area contributed by atoms with Gasteiger partial charge in [-0.2, -0.15) is 26.3 Å². The van der Waals surface area contributed by atoms with Crippen LogP contribution in [0.25, 0.3) is 0 Å². The van der Waals surface area contributed by atoms with E-state index in [4.69, 9.17) is 9.05 Å². The molecule has 0 bridgehead atoms. The van der Waals surface area contributed by atoms with E-state index >= 15 is 0 Å². The van der Waals surface area contributed by atoms with Crippen LogP contribution in [-0.4, -0.2) is 30.7 Å². The van der Waals surface area contributed by atoms with Crippen LogP contribution >= 0.6 is 7.75 Å². The minimum absolute atomic E-state index is 0.00966. The quantitative estimate of drug-likeness (QED) is 0.522. The molecule has 0 aliphatic heterocycles. The van der Waals surface area contributed by atoms with E-state index < -0.39 is 31.3 Å². The molecular formula is C13H16F6NO4P. The number of anilines is 1. The highest BCUT2D eigenvalue weighted by molar-refractivity contribution is 7.55. The van der Waals surface area contributed by atoms with Crippen molar-refractivity contribution in [1.82, 2.24) is 0 Å². The third-order valence-corrected chi connectivity index (χ3v) is 4.72. The normalized spacial score (nSPS) is 13.8. The van der Waals surface area contributed by atoms with E-state index in [0.29, 0.717) is 12.1 Å². The highest BCUT2D eigenvalue weighted by Crippen LogP contribution is 2.51. The number of alkyl halides is 6. The van der Waals surface area contributed by atoms with Crippen molar-refractivity contribution in [3.63, 3.8) is 0 Å². The van der Waals surface area contributed by atoms with Crippen molar-refractivity contribution >= 4 is 13.4 Å². The van der Waals surface area contributed by atoms with Crippen LogP contribution in [0.2, 0.25) is 0 Å². The maximum atomic E-state index is 12.8. The number of benzene rings is 1. The molecule has 0 amide bonds. The minimum Gasteiger partial charge on any atom is -0.369 e. The summed E-state index contributed by atoms with van der Waals surface area (Å²) < 4.78 is 98.7. The summed E-state index contributed by atoms with van der Waals surface area (Å²) >= 11 is 0. The highest BCUT2D eigenvalue weighted by atomic mass is 31.2. The van der Waals surface area contributed by atoms with Crippen molar-refractivity contribution in [2.24, 2.45) is 0 Å². The van der Waals surface area contributed by atoms with Gasteiger partial charge in [0.05, 0.1) is 13.2 Å². The summed E-state index contributed by atoms with van der Waals surface area (Å²) in [7, 11) is -3.82. The molecule has 0 aliphatic rings. The van der Waals surface area contributed by atoms with Crippen molar-refractivity contribution in [3.8, 4) is 0 Å². The summed E-state index contributed by atoms with van der Waals surface area (Å²) in [6.07, 6.45) is -12.0. The van der Waals surface area contributed by atoms with Crippen LogP contribution in [0, 0.1) is 0 Å². The standard InChI is InChI=1S/C13H16F6NO4P/c1-3-23-25(22,24-4-2)20-10-7-5-9(6-8-10)11(21,12(14,15)16)13(17,18)19/h5-8,21H,3-4H2,1-2H3,(H,20,22). The Kier molecular flexibility index (Phi) is 6.55. The second kappa shape index (κ2) is 7.53. The number of rotatable bonds is 7. The first kappa shape index (κ1) is 21.8. The number of nitrogens with one attached hydrogen (secondary N) is 1. The van der Waals surface area contributed by atoms with Crippen LogP contribution in [0.1, 0.15) is 19.4 Å². The van der Waals surface area contributed by atoms with Crippen LogP contribution in [0.5, 0.6) is 0 Å². The van der Waals surface area contributed by atoms with Gasteiger partial charge in [-0.05, 0) is 26.0 Å². The summed E-state index contributed by atoms with van der Waals surface area (Å²) in [5.74, 6) is 0. The maximum Gasteiger partial charge on any atom is 0.432 e. The lowest BCUT2D eigenvalue weighted by atomic mass is 9.92. The molecule has 0 fully saturated rings. The van der Waals surface area contributed by atoms with E-state index in [9.17, 15) is 36.0 Å². The molecule has 0 saturated heterocycles. The molecule has 0 aromatic heterocycles. The number of hydrogen-bond acceptors (Lipinski definition) is 4. The minimum atomic E-state index is -5.98. The lowest BCUT2D eigenvalue weighted by Gasteiger charge is -2.32. The van der Waals surface area contributed by atoms with E-state index in [0.717, 1.165) is 12.1 Å². The molecule has 0 saturated carbocycles. The van der Waals surface area contributed by atoms with E-state index in [1.165, 1.54) is 13.8 Å². The molecular weight excluding hydrogens is 379 g/mol. The Morgan fingerprint density at radius 2 is 1.36 bits per heavy atom. The van der Waals surface area contributed by atoms with Crippen molar-refractivity contribution in [2.75, 3.05) is 18.3 Å². The largest absolute Gasteiger partial charge is 0.432 e. The molecule has 1 aromatic carbocycles. The van der Waals surface area contributed by atoms with Gasteiger partial charge in [-0.1, -0.05) is 12.1 Å². The van der Waals surface area contributed by atoms with Crippen molar-refractivity contribution in [3.05, 3.63) is 29.8 Å². The van der Waals surface area contributed by atoms with Gasteiger partial charge in [0.1, 0.15) is 0 Å².